The molecule has 28 heavy (non-hydrogen) atoms. The number of nitrogens with zero attached hydrogens (tertiary/aromatic N) is 4. The molecule has 10 nitrogen and oxygen atoms in total. The van der Waals surface area contributed by atoms with Crippen molar-refractivity contribution >= 4 is 34.7 Å². The van der Waals surface area contributed by atoms with Gasteiger partial charge in [0.15, 0.2) is 5.16 Å². The van der Waals surface area contributed by atoms with Crippen molar-refractivity contribution in [2.45, 2.75) is 5.16 Å². The highest BCUT2D eigenvalue weighted by atomic mass is 32.2. The van der Waals surface area contributed by atoms with Gasteiger partial charge in [-0.25, -0.2) is 4.98 Å². The highest BCUT2D eigenvalue weighted by Crippen LogP contribution is 2.23. The Bertz CT molecular complexity index is 1020. The van der Waals surface area contributed by atoms with E-state index in [1.165, 1.54) is 48.2 Å². The SMILES string of the molecule is O=C(CSc1nccn1-c1ccc([N+](=O)[O-])cc1)Nc1ccc([N+](=O)[O-])cc1. The second-order valence-corrected chi connectivity index (χ2v) is 6.44. The molecule has 0 saturated carbocycles. The predicted molar refractivity (Wildman–Crippen MR) is 103 cm³/mol. The highest BCUT2D eigenvalue weighted by molar-refractivity contribution is 7.99. The molecule has 3 aromatic rings. The topological polar surface area (TPSA) is 133 Å². The minimum atomic E-state index is -0.514. The number of nitro benzene ring substituents is 2. The standard InChI is InChI=1S/C17H13N5O5S/c23-16(19-12-1-3-14(4-2-12)21(24)25)11-28-17-18-9-10-20(17)13-5-7-15(8-6-13)22(26)27/h1-10H,11H2,(H,19,23). The van der Waals surface area contributed by atoms with Gasteiger partial charge in [-0.2, -0.15) is 0 Å². The number of aromatic nitrogens is 2. The van der Waals surface area contributed by atoms with Crippen LogP contribution in [0.3, 0.4) is 0 Å². The number of non-ortho nitro benzene ring substituents is 2. The van der Waals surface area contributed by atoms with Gasteiger partial charge < -0.3 is 5.32 Å². The lowest BCUT2D eigenvalue weighted by atomic mass is 10.3. The summed E-state index contributed by atoms with van der Waals surface area (Å²) in [5.74, 6) is -0.224. The van der Waals surface area contributed by atoms with E-state index in [0.717, 1.165) is 0 Å². The molecular formula is C17H13N5O5S. The number of benzene rings is 2. The van der Waals surface area contributed by atoms with E-state index in [1.807, 2.05) is 0 Å². The van der Waals surface area contributed by atoms with Gasteiger partial charge in [0.25, 0.3) is 11.4 Å². The fourth-order valence-corrected chi connectivity index (χ4v) is 3.09. The number of carbonyl (C=O) groups excluding carboxylic acids is 1. The normalized spacial score (nSPS) is 10.4. The zero-order valence-electron chi connectivity index (χ0n) is 14.2. The number of nitro groups is 2. The van der Waals surface area contributed by atoms with Crippen LogP contribution in [0.15, 0.2) is 66.1 Å². The van der Waals surface area contributed by atoms with E-state index in [4.69, 9.17) is 0 Å². The number of nitrogens with one attached hydrogen (secondary N) is 1. The zero-order valence-corrected chi connectivity index (χ0v) is 15.0. The predicted octanol–water partition coefficient (Wildman–Crippen LogP) is 3.42. The Morgan fingerprint density at radius 1 is 1.00 bits per heavy atom. The minimum absolute atomic E-state index is 0.0134. The van der Waals surface area contributed by atoms with Crippen LogP contribution < -0.4 is 5.32 Å². The summed E-state index contributed by atoms with van der Waals surface area (Å²) in [7, 11) is 0. The number of thioether (sulfide) groups is 1. The third kappa shape index (κ3) is 4.51. The molecule has 1 N–H and O–H groups in total. The summed E-state index contributed by atoms with van der Waals surface area (Å²) in [6.45, 7) is 0. The average Bonchev–Trinajstić information content (AvgIpc) is 3.15. The molecule has 3 rings (SSSR count). The van der Waals surface area contributed by atoms with Gasteiger partial charge in [0.2, 0.25) is 5.91 Å². The van der Waals surface area contributed by atoms with Crippen molar-refractivity contribution in [1.29, 1.82) is 0 Å². The quantitative estimate of drug-likeness (QED) is 0.365. The molecule has 0 radical (unpaired) electrons. The van der Waals surface area contributed by atoms with E-state index in [1.54, 1.807) is 29.1 Å². The molecule has 11 heteroatoms. The number of amides is 1. The number of rotatable bonds is 7. The molecule has 0 aliphatic heterocycles. The number of hydrogen-bond acceptors (Lipinski definition) is 7. The Balaban J connectivity index is 1.62. The Morgan fingerprint density at radius 3 is 2.14 bits per heavy atom. The van der Waals surface area contributed by atoms with E-state index < -0.39 is 9.85 Å². The molecule has 1 amide bonds. The van der Waals surface area contributed by atoms with Crippen molar-refractivity contribution < 1.29 is 14.6 Å². The lowest BCUT2D eigenvalue weighted by Gasteiger charge is -2.08. The maximum atomic E-state index is 12.1. The Labute approximate surface area is 162 Å². The smallest absolute Gasteiger partial charge is 0.269 e. The van der Waals surface area contributed by atoms with Gasteiger partial charge in [-0.3, -0.25) is 29.6 Å². The van der Waals surface area contributed by atoms with Crippen LogP contribution in [0.25, 0.3) is 5.69 Å². The van der Waals surface area contributed by atoms with Crippen LogP contribution in [0, 0.1) is 20.2 Å². The molecule has 0 unspecified atom stereocenters. The van der Waals surface area contributed by atoms with E-state index in [2.05, 4.69) is 10.3 Å². The summed E-state index contributed by atoms with van der Waals surface area (Å²) in [6, 6.07) is 11.5. The maximum Gasteiger partial charge on any atom is 0.269 e. The van der Waals surface area contributed by atoms with Crippen LogP contribution in [0.4, 0.5) is 17.1 Å². The van der Waals surface area contributed by atoms with E-state index >= 15 is 0 Å². The van der Waals surface area contributed by atoms with Crippen LogP contribution in [0.2, 0.25) is 0 Å². The van der Waals surface area contributed by atoms with Crippen LogP contribution >= 0.6 is 11.8 Å². The van der Waals surface area contributed by atoms with Crippen molar-refractivity contribution in [3.05, 3.63) is 81.2 Å². The third-order valence-electron chi connectivity index (χ3n) is 3.64. The summed E-state index contributed by atoms with van der Waals surface area (Å²) in [5, 5.41) is 24.6. The van der Waals surface area contributed by atoms with Crippen LogP contribution in [0.1, 0.15) is 0 Å². The monoisotopic (exact) mass is 399 g/mol. The molecule has 0 bridgehead atoms. The van der Waals surface area contributed by atoms with Crippen molar-refractivity contribution in [3.8, 4) is 5.69 Å². The van der Waals surface area contributed by atoms with Crippen LogP contribution in [-0.2, 0) is 4.79 Å². The molecule has 142 valence electrons. The summed E-state index contributed by atoms with van der Waals surface area (Å²) >= 11 is 1.19. The van der Waals surface area contributed by atoms with E-state index in [0.29, 0.717) is 16.5 Å². The first-order valence-electron chi connectivity index (χ1n) is 7.89. The second kappa shape index (κ2) is 8.31. The molecular weight excluding hydrogens is 386 g/mol. The van der Waals surface area contributed by atoms with E-state index in [-0.39, 0.29) is 23.0 Å². The number of anilines is 1. The van der Waals surface area contributed by atoms with Gasteiger partial charge in [-0.15, -0.1) is 0 Å². The highest BCUT2D eigenvalue weighted by Gasteiger charge is 2.12. The lowest BCUT2D eigenvalue weighted by Crippen LogP contribution is -2.14. The summed E-state index contributed by atoms with van der Waals surface area (Å²) in [5.41, 5.74) is 1.06. The van der Waals surface area contributed by atoms with Crippen LogP contribution in [0.5, 0.6) is 0 Å². The second-order valence-electron chi connectivity index (χ2n) is 5.49. The largest absolute Gasteiger partial charge is 0.325 e. The molecule has 0 fully saturated rings. The molecule has 0 saturated heterocycles. The first-order valence-corrected chi connectivity index (χ1v) is 8.88. The van der Waals surface area contributed by atoms with Crippen molar-refractivity contribution in [1.82, 2.24) is 9.55 Å². The first-order chi connectivity index (χ1) is 13.4. The average molecular weight is 399 g/mol. The molecule has 1 aromatic heterocycles. The van der Waals surface area contributed by atoms with Crippen molar-refractivity contribution in [3.63, 3.8) is 0 Å². The Morgan fingerprint density at radius 2 is 1.57 bits per heavy atom. The van der Waals surface area contributed by atoms with Gasteiger partial charge in [0, 0.05) is 48.0 Å². The Hall–Kier alpha value is -3.73. The molecule has 0 spiro atoms. The van der Waals surface area contributed by atoms with Gasteiger partial charge in [-0.1, -0.05) is 11.8 Å². The fourth-order valence-electron chi connectivity index (χ4n) is 2.32. The molecule has 2 aromatic carbocycles. The number of hydrogen-bond donors (Lipinski definition) is 1. The van der Waals surface area contributed by atoms with Crippen molar-refractivity contribution in [2.75, 3.05) is 11.1 Å². The van der Waals surface area contributed by atoms with Gasteiger partial charge in [0.1, 0.15) is 0 Å². The summed E-state index contributed by atoms with van der Waals surface area (Å²) < 4.78 is 1.72. The molecule has 0 aliphatic rings. The van der Waals surface area contributed by atoms with Crippen molar-refractivity contribution in [2.24, 2.45) is 0 Å². The van der Waals surface area contributed by atoms with Crippen LogP contribution in [-0.4, -0.2) is 31.1 Å². The van der Waals surface area contributed by atoms with Gasteiger partial charge in [-0.05, 0) is 24.3 Å². The summed E-state index contributed by atoms with van der Waals surface area (Å²) in [4.78, 5) is 36.7. The van der Waals surface area contributed by atoms with Gasteiger partial charge >= 0.3 is 0 Å². The molecule has 0 atom stereocenters. The zero-order chi connectivity index (χ0) is 20.1. The molecule has 1 heterocycles. The molecule has 0 aliphatic carbocycles. The Kier molecular flexibility index (Phi) is 5.65. The third-order valence-corrected chi connectivity index (χ3v) is 4.61. The van der Waals surface area contributed by atoms with E-state index in [9.17, 15) is 25.0 Å². The lowest BCUT2D eigenvalue weighted by molar-refractivity contribution is -0.385. The first kappa shape index (κ1) is 19.0. The summed E-state index contributed by atoms with van der Waals surface area (Å²) in [6.07, 6.45) is 3.26. The van der Waals surface area contributed by atoms with Gasteiger partial charge in [0.05, 0.1) is 15.6 Å². The number of carbonyl (C=O) groups is 1. The maximum absolute atomic E-state index is 12.1. The fraction of sp³-hybridized carbons (Fsp3) is 0.0588. The minimum Gasteiger partial charge on any atom is -0.325 e. The number of imidazole rings is 1.